The Balaban J connectivity index is 1.05. The van der Waals surface area contributed by atoms with Crippen LogP contribution in [0.3, 0.4) is 0 Å². The summed E-state index contributed by atoms with van der Waals surface area (Å²) in [7, 11) is 0. The smallest absolute Gasteiger partial charge is 0.0886 e. The van der Waals surface area contributed by atoms with Crippen LogP contribution >= 0.6 is 0 Å². The van der Waals surface area contributed by atoms with Crippen LogP contribution in [-0.4, -0.2) is 29.5 Å². The second-order valence-corrected chi connectivity index (χ2v) is 15.7. The third kappa shape index (κ3) is 6.40. The molecule has 0 aliphatic heterocycles. The van der Waals surface area contributed by atoms with E-state index in [-0.39, 0.29) is 0 Å². The van der Waals surface area contributed by atoms with Gasteiger partial charge in [-0.3, -0.25) is 19.9 Å². The molecule has 6 aromatic carbocycles. The lowest BCUT2D eigenvalue weighted by Gasteiger charge is -2.15. The molecule has 0 spiro atoms. The highest BCUT2D eigenvalue weighted by Gasteiger charge is 2.20. The molecule has 12 rings (SSSR count). The molecule has 6 nitrogen and oxygen atoms in total. The fourth-order valence-electron chi connectivity index (χ4n) is 8.99. The van der Waals surface area contributed by atoms with E-state index in [1.165, 1.54) is 21.7 Å². The Morgan fingerprint density at radius 3 is 1.49 bits per heavy atom. The molecule has 0 atom stereocenters. The Labute approximate surface area is 363 Å². The SMILES string of the molecule is c1ccc(-c2nc3cc(-c4cc(-c5ccc(-c6ccccn6)nc5)cc(-c5ccc(-c6ccccn6)nc5)c4)ccc3c3ccc4c(c5ccccc5n4-c4ccccc4)c23)cc1. The van der Waals surface area contributed by atoms with Crippen molar-refractivity contribution in [3.8, 4) is 73.1 Å². The van der Waals surface area contributed by atoms with Gasteiger partial charge in [0, 0.05) is 68.7 Å². The van der Waals surface area contributed by atoms with Gasteiger partial charge in [0.1, 0.15) is 0 Å². The summed E-state index contributed by atoms with van der Waals surface area (Å²) in [5.74, 6) is 0. The van der Waals surface area contributed by atoms with Crippen molar-refractivity contribution < 1.29 is 0 Å². The molecule has 0 fully saturated rings. The van der Waals surface area contributed by atoms with Crippen LogP contribution in [0.15, 0.2) is 219 Å². The van der Waals surface area contributed by atoms with Gasteiger partial charge in [-0.2, -0.15) is 0 Å². The highest BCUT2D eigenvalue weighted by molar-refractivity contribution is 6.28. The Morgan fingerprint density at radius 1 is 0.317 bits per heavy atom. The number of rotatable bonds is 7. The zero-order valence-electron chi connectivity index (χ0n) is 34.0. The first-order valence-electron chi connectivity index (χ1n) is 21.1. The average Bonchev–Trinajstić information content (AvgIpc) is 3.71. The monoisotopic (exact) mass is 804 g/mol. The Morgan fingerprint density at radius 2 is 0.873 bits per heavy atom. The van der Waals surface area contributed by atoms with Crippen molar-refractivity contribution in [2.24, 2.45) is 0 Å². The van der Waals surface area contributed by atoms with E-state index in [0.29, 0.717) is 0 Å². The summed E-state index contributed by atoms with van der Waals surface area (Å²) in [6.45, 7) is 0. The van der Waals surface area contributed by atoms with Gasteiger partial charge in [0.25, 0.3) is 0 Å². The quantitative estimate of drug-likeness (QED) is 0.150. The van der Waals surface area contributed by atoms with Gasteiger partial charge in [0.15, 0.2) is 0 Å². The lowest BCUT2D eigenvalue weighted by atomic mass is 9.92. The van der Waals surface area contributed by atoms with Gasteiger partial charge in [-0.05, 0) is 113 Å². The van der Waals surface area contributed by atoms with Crippen molar-refractivity contribution in [2.45, 2.75) is 0 Å². The molecule has 12 aromatic rings. The Kier molecular flexibility index (Phi) is 8.71. The zero-order valence-corrected chi connectivity index (χ0v) is 34.0. The summed E-state index contributed by atoms with van der Waals surface area (Å²) in [6, 6.07) is 68.0. The van der Waals surface area contributed by atoms with Gasteiger partial charge >= 0.3 is 0 Å². The number of hydrogen-bond donors (Lipinski definition) is 0. The topological polar surface area (TPSA) is 69.4 Å². The van der Waals surface area contributed by atoms with E-state index in [4.69, 9.17) is 15.0 Å². The Hall–Kier alpha value is -8.61. The highest BCUT2D eigenvalue weighted by atomic mass is 15.0. The minimum Gasteiger partial charge on any atom is -0.309 e. The number of pyridine rings is 5. The van der Waals surface area contributed by atoms with Crippen LogP contribution in [-0.2, 0) is 0 Å². The first-order valence-corrected chi connectivity index (χ1v) is 21.1. The second kappa shape index (κ2) is 15.1. The van der Waals surface area contributed by atoms with Gasteiger partial charge in [-0.1, -0.05) is 109 Å². The zero-order chi connectivity index (χ0) is 41.7. The summed E-state index contributed by atoms with van der Waals surface area (Å²) >= 11 is 0. The molecule has 6 aromatic heterocycles. The standard InChI is InChI=1S/C57H36N6/c1-3-13-37(14-4-1)57-56-46(25-28-54-55(56)47-17-7-8-20-53(47)63(54)44-15-5-2-6-16-44)45-24-21-38(34-52(45)62-57)41-31-42(39-22-26-50(60-35-39)48-18-9-11-29-58-48)33-43(32-41)40-23-27-51(61-36-40)49-19-10-12-30-59-49/h1-36H. The third-order valence-electron chi connectivity index (χ3n) is 12.0. The molecular formula is C57H36N6. The molecule has 0 saturated carbocycles. The van der Waals surface area contributed by atoms with E-state index >= 15 is 0 Å². The minimum absolute atomic E-state index is 0.828. The lowest BCUT2D eigenvalue weighted by Crippen LogP contribution is -1.94. The fraction of sp³-hybridized carbons (Fsp3) is 0. The molecule has 6 heterocycles. The maximum absolute atomic E-state index is 5.60. The maximum atomic E-state index is 5.60. The van der Waals surface area contributed by atoms with Crippen molar-refractivity contribution in [1.82, 2.24) is 29.5 Å². The van der Waals surface area contributed by atoms with Crippen LogP contribution in [0.1, 0.15) is 0 Å². The van der Waals surface area contributed by atoms with E-state index in [2.05, 4.69) is 160 Å². The molecule has 0 saturated heterocycles. The fourth-order valence-corrected chi connectivity index (χ4v) is 8.99. The van der Waals surface area contributed by atoms with E-state index < -0.39 is 0 Å². The van der Waals surface area contributed by atoms with Crippen LogP contribution in [0.25, 0.3) is 117 Å². The third-order valence-corrected chi connectivity index (χ3v) is 12.0. The van der Waals surface area contributed by atoms with Crippen LogP contribution < -0.4 is 0 Å². The largest absolute Gasteiger partial charge is 0.309 e. The first-order chi connectivity index (χ1) is 31.2. The highest BCUT2D eigenvalue weighted by Crippen LogP contribution is 2.43. The normalized spacial score (nSPS) is 11.5. The maximum Gasteiger partial charge on any atom is 0.0886 e. The molecule has 0 aliphatic carbocycles. The number of benzene rings is 6. The number of hydrogen-bond acceptors (Lipinski definition) is 5. The summed E-state index contributed by atoms with van der Waals surface area (Å²) in [5, 5.41) is 5.82. The summed E-state index contributed by atoms with van der Waals surface area (Å²) in [5.41, 5.74) is 16.0. The summed E-state index contributed by atoms with van der Waals surface area (Å²) in [6.07, 6.45) is 7.46. The number of aromatic nitrogens is 6. The summed E-state index contributed by atoms with van der Waals surface area (Å²) < 4.78 is 2.37. The van der Waals surface area contributed by atoms with E-state index in [1.807, 2.05) is 60.9 Å². The first kappa shape index (κ1) is 36.3. The minimum atomic E-state index is 0.828. The second-order valence-electron chi connectivity index (χ2n) is 15.7. The molecule has 0 bridgehead atoms. The Bertz CT molecular complexity index is 3530. The molecule has 0 unspecified atom stereocenters. The van der Waals surface area contributed by atoms with Gasteiger partial charge in [0.05, 0.1) is 45.0 Å². The average molecular weight is 805 g/mol. The molecule has 294 valence electrons. The molecule has 0 aliphatic rings. The van der Waals surface area contributed by atoms with E-state index in [0.717, 1.165) is 94.9 Å². The molecule has 0 radical (unpaired) electrons. The van der Waals surface area contributed by atoms with Crippen molar-refractivity contribution in [1.29, 1.82) is 0 Å². The van der Waals surface area contributed by atoms with Crippen LogP contribution in [0.5, 0.6) is 0 Å². The predicted molar refractivity (Wildman–Crippen MR) is 257 cm³/mol. The van der Waals surface area contributed by atoms with E-state index in [1.54, 1.807) is 12.4 Å². The van der Waals surface area contributed by atoms with Crippen molar-refractivity contribution >= 4 is 43.5 Å². The van der Waals surface area contributed by atoms with Gasteiger partial charge < -0.3 is 4.57 Å². The van der Waals surface area contributed by atoms with Crippen molar-refractivity contribution in [3.63, 3.8) is 0 Å². The molecule has 6 heteroatoms. The lowest BCUT2D eigenvalue weighted by molar-refractivity contribution is 1.18. The van der Waals surface area contributed by atoms with Crippen molar-refractivity contribution in [3.05, 3.63) is 219 Å². The predicted octanol–water partition coefficient (Wildman–Crippen LogP) is 14.1. The number of fused-ring (bicyclic) bond motifs is 7. The summed E-state index contributed by atoms with van der Waals surface area (Å²) in [4.78, 5) is 24.3. The van der Waals surface area contributed by atoms with E-state index in [9.17, 15) is 0 Å². The van der Waals surface area contributed by atoms with Crippen LogP contribution in [0, 0.1) is 0 Å². The van der Waals surface area contributed by atoms with Gasteiger partial charge in [0.2, 0.25) is 0 Å². The van der Waals surface area contributed by atoms with Crippen LogP contribution in [0.4, 0.5) is 0 Å². The van der Waals surface area contributed by atoms with Gasteiger partial charge in [-0.15, -0.1) is 0 Å². The van der Waals surface area contributed by atoms with Gasteiger partial charge in [-0.25, -0.2) is 4.98 Å². The molecular weight excluding hydrogens is 769 g/mol. The van der Waals surface area contributed by atoms with Crippen LogP contribution in [0.2, 0.25) is 0 Å². The number of nitrogens with zero attached hydrogens (tertiary/aromatic N) is 6. The molecule has 63 heavy (non-hydrogen) atoms. The number of para-hydroxylation sites is 2. The van der Waals surface area contributed by atoms with Crippen molar-refractivity contribution in [2.75, 3.05) is 0 Å². The molecule has 0 amide bonds. The molecule has 0 N–H and O–H groups in total.